The summed E-state index contributed by atoms with van der Waals surface area (Å²) in [6, 6.07) is 3.33. The van der Waals surface area contributed by atoms with E-state index in [0.29, 0.717) is 5.69 Å². The number of carbonyl (C=O) groups excluding carboxylic acids is 2. The van der Waals surface area contributed by atoms with Gasteiger partial charge in [0.25, 0.3) is 0 Å². The lowest BCUT2D eigenvalue weighted by molar-refractivity contribution is -0.135. The fourth-order valence-electron chi connectivity index (χ4n) is 1.30. The lowest BCUT2D eigenvalue weighted by atomic mass is 10.0. The lowest BCUT2D eigenvalue weighted by Crippen LogP contribution is -2.16. The third-order valence-electron chi connectivity index (χ3n) is 1.99. The molecule has 86 valence electrons. The number of Topliss-reactive ketones (excluding diaryl/α,β-unsaturated/α-hetero) is 1. The van der Waals surface area contributed by atoms with E-state index in [1.54, 1.807) is 24.4 Å². The van der Waals surface area contributed by atoms with Gasteiger partial charge >= 0.3 is 5.97 Å². The molecular weight excluding hydrogens is 206 g/mol. The van der Waals surface area contributed by atoms with E-state index in [0.717, 1.165) is 0 Å². The quantitative estimate of drug-likeness (QED) is 0.278. The highest BCUT2D eigenvalue weighted by molar-refractivity contribution is 6.23. The molecule has 1 rings (SSSR count). The van der Waals surface area contributed by atoms with Crippen molar-refractivity contribution in [2.24, 2.45) is 5.92 Å². The van der Waals surface area contributed by atoms with Gasteiger partial charge in [-0.25, -0.2) is 4.79 Å². The molecule has 0 saturated carbocycles. The average Bonchev–Trinajstić information content (AvgIpc) is 2.77. The lowest BCUT2D eigenvalue weighted by Gasteiger charge is -2.05. The summed E-state index contributed by atoms with van der Waals surface area (Å²) >= 11 is 0. The summed E-state index contributed by atoms with van der Waals surface area (Å²) < 4.78 is 4.59. The first-order valence-corrected chi connectivity index (χ1v) is 5.04. The highest BCUT2D eigenvalue weighted by Gasteiger charge is 2.21. The van der Waals surface area contributed by atoms with Gasteiger partial charge in [-0.3, -0.25) is 4.79 Å². The number of methoxy groups -OCH3 is 1. The predicted molar refractivity (Wildman–Crippen MR) is 60.1 cm³/mol. The maximum atomic E-state index is 11.9. The van der Waals surface area contributed by atoms with Crippen LogP contribution in [0.1, 0.15) is 24.3 Å². The van der Waals surface area contributed by atoms with Gasteiger partial charge in [-0.05, 0) is 18.1 Å². The minimum absolute atomic E-state index is 0.0694. The van der Waals surface area contributed by atoms with E-state index in [4.69, 9.17) is 0 Å². The molecule has 0 aromatic carbocycles. The fraction of sp³-hybridized carbons (Fsp3) is 0.333. The van der Waals surface area contributed by atoms with Crippen molar-refractivity contribution in [1.29, 1.82) is 0 Å². The zero-order valence-electron chi connectivity index (χ0n) is 9.61. The Morgan fingerprint density at radius 1 is 1.44 bits per heavy atom. The van der Waals surface area contributed by atoms with Crippen molar-refractivity contribution < 1.29 is 14.3 Å². The van der Waals surface area contributed by atoms with Gasteiger partial charge in [0.05, 0.1) is 12.8 Å². The molecule has 4 nitrogen and oxygen atoms in total. The van der Waals surface area contributed by atoms with E-state index < -0.39 is 5.97 Å². The molecule has 0 aliphatic heterocycles. The Morgan fingerprint density at radius 2 is 2.12 bits per heavy atom. The molecular formula is C12H15NO3. The average molecular weight is 221 g/mol. The molecule has 0 amide bonds. The minimum atomic E-state index is -0.603. The van der Waals surface area contributed by atoms with Crippen LogP contribution in [-0.2, 0) is 9.53 Å². The Balaban J connectivity index is 3.03. The van der Waals surface area contributed by atoms with Gasteiger partial charge < -0.3 is 9.72 Å². The molecule has 0 saturated heterocycles. The van der Waals surface area contributed by atoms with Gasteiger partial charge in [0, 0.05) is 6.20 Å². The first kappa shape index (κ1) is 12.2. The molecule has 1 aromatic rings. The summed E-state index contributed by atoms with van der Waals surface area (Å²) in [5.41, 5.74) is 0.456. The highest BCUT2D eigenvalue weighted by atomic mass is 16.5. The molecule has 1 N–H and O–H groups in total. The van der Waals surface area contributed by atoms with Crippen molar-refractivity contribution in [3.05, 3.63) is 35.7 Å². The van der Waals surface area contributed by atoms with Crippen molar-refractivity contribution in [3.63, 3.8) is 0 Å². The fourth-order valence-corrected chi connectivity index (χ4v) is 1.30. The van der Waals surface area contributed by atoms with Gasteiger partial charge in [0.2, 0.25) is 5.78 Å². The second-order valence-electron chi connectivity index (χ2n) is 3.73. The van der Waals surface area contributed by atoms with E-state index in [2.05, 4.69) is 9.72 Å². The Labute approximate surface area is 94.3 Å². The zero-order chi connectivity index (χ0) is 12.1. The third-order valence-corrected chi connectivity index (χ3v) is 1.99. The van der Waals surface area contributed by atoms with E-state index in [9.17, 15) is 9.59 Å². The summed E-state index contributed by atoms with van der Waals surface area (Å²) in [7, 11) is 1.26. The number of H-pyrrole nitrogens is 1. The van der Waals surface area contributed by atoms with Crippen molar-refractivity contribution >= 4 is 11.8 Å². The monoisotopic (exact) mass is 221 g/mol. The van der Waals surface area contributed by atoms with Crippen LogP contribution >= 0.6 is 0 Å². The Hall–Kier alpha value is -1.84. The van der Waals surface area contributed by atoms with Crippen LogP contribution in [-0.4, -0.2) is 23.8 Å². The summed E-state index contributed by atoms with van der Waals surface area (Å²) in [6.07, 6.45) is 3.24. The first-order valence-electron chi connectivity index (χ1n) is 5.04. The van der Waals surface area contributed by atoms with Crippen LogP contribution in [0.3, 0.4) is 0 Å². The number of ketones is 1. The SMILES string of the molecule is COC(=O)/C(=C\C(C)C)C(=O)c1ccc[nH]1. The summed E-state index contributed by atoms with van der Waals surface area (Å²) in [5, 5.41) is 0. The second kappa shape index (κ2) is 5.30. The molecule has 4 heteroatoms. The van der Waals surface area contributed by atoms with Crippen molar-refractivity contribution in [2.75, 3.05) is 7.11 Å². The van der Waals surface area contributed by atoms with Crippen molar-refractivity contribution in [1.82, 2.24) is 4.98 Å². The number of allylic oxidation sites excluding steroid dienone is 1. The summed E-state index contributed by atoms with van der Waals surface area (Å²) in [5.74, 6) is -0.841. The van der Waals surface area contributed by atoms with Gasteiger partial charge in [-0.15, -0.1) is 0 Å². The van der Waals surface area contributed by atoms with Crippen LogP contribution in [0.15, 0.2) is 30.0 Å². The van der Waals surface area contributed by atoms with Crippen LogP contribution < -0.4 is 0 Å². The normalized spacial score (nSPS) is 11.6. The van der Waals surface area contributed by atoms with Crippen LogP contribution in [0, 0.1) is 5.92 Å². The van der Waals surface area contributed by atoms with E-state index in [-0.39, 0.29) is 17.3 Å². The van der Waals surface area contributed by atoms with Gasteiger partial charge in [-0.2, -0.15) is 0 Å². The molecule has 0 aliphatic rings. The number of ether oxygens (including phenoxy) is 1. The molecule has 0 atom stereocenters. The Kier molecular flexibility index (Phi) is 4.05. The number of nitrogens with one attached hydrogen (secondary N) is 1. The minimum Gasteiger partial charge on any atom is -0.465 e. The van der Waals surface area contributed by atoms with Gasteiger partial charge in [-0.1, -0.05) is 19.9 Å². The molecule has 16 heavy (non-hydrogen) atoms. The predicted octanol–water partition coefficient (Wildman–Crippen LogP) is 1.95. The molecule has 1 heterocycles. The number of aromatic nitrogens is 1. The molecule has 0 bridgehead atoms. The maximum Gasteiger partial charge on any atom is 0.341 e. The first-order chi connectivity index (χ1) is 7.56. The molecule has 1 aromatic heterocycles. The van der Waals surface area contributed by atoms with Crippen molar-refractivity contribution in [2.45, 2.75) is 13.8 Å². The zero-order valence-corrected chi connectivity index (χ0v) is 9.61. The van der Waals surface area contributed by atoms with E-state index in [1.165, 1.54) is 7.11 Å². The summed E-state index contributed by atoms with van der Waals surface area (Å²) in [6.45, 7) is 3.79. The molecule has 0 fully saturated rings. The van der Waals surface area contributed by atoms with Crippen LogP contribution in [0.2, 0.25) is 0 Å². The largest absolute Gasteiger partial charge is 0.465 e. The maximum absolute atomic E-state index is 11.9. The third kappa shape index (κ3) is 2.82. The van der Waals surface area contributed by atoms with E-state index in [1.807, 2.05) is 13.8 Å². The molecule has 0 spiro atoms. The van der Waals surface area contributed by atoms with Crippen LogP contribution in [0.4, 0.5) is 0 Å². The Morgan fingerprint density at radius 3 is 2.56 bits per heavy atom. The molecule has 0 aliphatic carbocycles. The number of carbonyl (C=O) groups is 2. The number of hydrogen-bond donors (Lipinski definition) is 1. The van der Waals surface area contributed by atoms with Crippen LogP contribution in [0.5, 0.6) is 0 Å². The Bertz CT molecular complexity index is 402. The van der Waals surface area contributed by atoms with Crippen molar-refractivity contribution in [3.8, 4) is 0 Å². The number of hydrogen-bond acceptors (Lipinski definition) is 3. The highest BCUT2D eigenvalue weighted by Crippen LogP contribution is 2.11. The van der Waals surface area contributed by atoms with Gasteiger partial charge in [0.1, 0.15) is 5.57 Å². The van der Waals surface area contributed by atoms with Gasteiger partial charge in [0.15, 0.2) is 0 Å². The smallest absolute Gasteiger partial charge is 0.341 e. The molecule has 0 unspecified atom stereocenters. The number of aromatic amines is 1. The van der Waals surface area contributed by atoms with E-state index >= 15 is 0 Å². The second-order valence-corrected chi connectivity index (χ2v) is 3.73. The van der Waals surface area contributed by atoms with Crippen LogP contribution in [0.25, 0.3) is 0 Å². The summed E-state index contributed by atoms with van der Waals surface area (Å²) in [4.78, 5) is 26.2. The number of rotatable bonds is 4. The number of esters is 1. The standard InChI is InChI=1S/C12H15NO3/c1-8(2)7-9(12(15)16-3)11(14)10-5-4-6-13-10/h4-8,13H,1-3H3/b9-7-. The topological polar surface area (TPSA) is 59.2 Å². The molecule has 0 radical (unpaired) electrons.